The van der Waals surface area contributed by atoms with Gasteiger partial charge in [-0.2, -0.15) is 0 Å². The second-order valence-corrected chi connectivity index (χ2v) is 5.43. The molecule has 0 aromatic carbocycles. The van der Waals surface area contributed by atoms with Crippen molar-refractivity contribution in [2.45, 2.75) is 44.6 Å². The van der Waals surface area contributed by atoms with Crippen LogP contribution in [0, 0.1) is 0 Å². The molecular weight excluding hydrogens is 214 g/mol. The molecule has 4 nitrogen and oxygen atoms in total. The highest BCUT2D eigenvalue weighted by atomic mass is 16.2. The van der Waals surface area contributed by atoms with Crippen molar-refractivity contribution < 1.29 is 4.79 Å². The van der Waals surface area contributed by atoms with Crippen LogP contribution in [0.3, 0.4) is 0 Å². The summed E-state index contributed by atoms with van der Waals surface area (Å²) in [6.45, 7) is 3.88. The van der Waals surface area contributed by atoms with Crippen LogP contribution in [-0.2, 0) is 0 Å². The first kappa shape index (κ1) is 12.7. The molecule has 0 aromatic rings. The van der Waals surface area contributed by atoms with Gasteiger partial charge in [0.2, 0.25) is 0 Å². The Morgan fingerprint density at radius 2 is 1.76 bits per heavy atom. The van der Waals surface area contributed by atoms with Crippen LogP contribution in [0.25, 0.3) is 0 Å². The van der Waals surface area contributed by atoms with Crippen molar-refractivity contribution in [3.63, 3.8) is 0 Å². The molecule has 0 spiro atoms. The van der Waals surface area contributed by atoms with E-state index in [0.29, 0.717) is 6.04 Å². The third-order valence-electron chi connectivity index (χ3n) is 3.94. The second kappa shape index (κ2) is 6.24. The molecule has 4 heteroatoms. The fourth-order valence-corrected chi connectivity index (χ4v) is 2.76. The zero-order valence-corrected chi connectivity index (χ0v) is 11.0. The van der Waals surface area contributed by atoms with Crippen molar-refractivity contribution in [2.24, 2.45) is 0 Å². The maximum absolute atomic E-state index is 12.1. The number of hydrogen-bond acceptors (Lipinski definition) is 2. The normalized spacial score (nSPS) is 24.4. The smallest absolute Gasteiger partial charge is 0.317 e. The quantitative estimate of drug-likeness (QED) is 0.755. The lowest BCUT2D eigenvalue weighted by molar-refractivity contribution is 0.191. The maximum atomic E-state index is 12.1. The Labute approximate surface area is 104 Å². The average molecular weight is 239 g/mol. The van der Waals surface area contributed by atoms with E-state index in [-0.39, 0.29) is 6.03 Å². The minimum absolute atomic E-state index is 0.159. The van der Waals surface area contributed by atoms with Gasteiger partial charge in [-0.05, 0) is 32.9 Å². The molecular formula is C13H25N3O. The Balaban J connectivity index is 1.77. The Kier molecular flexibility index (Phi) is 4.66. The van der Waals surface area contributed by atoms with Crippen LogP contribution in [0.2, 0.25) is 0 Å². The molecule has 1 N–H and O–H groups in total. The van der Waals surface area contributed by atoms with Gasteiger partial charge in [0, 0.05) is 25.7 Å². The van der Waals surface area contributed by atoms with Crippen molar-refractivity contribution in [2.75, 3.05) is 33.2 Å². The fraction of sp³-hybridized carbons (Fsp3) is 0.923. The predicted molar refractivity (Wildman–Crippen MR) is 69.1 cm³/mol. The number of nitrogens with zero attached hydrogens (tertiary/aromatic N) is 2. The number of carbonyl (C=O) groups excluding carboxylic acids is 1. The fourth-order valence-electron chi connectivity index (χ4n) is 2.76. The molecule has 0 bridgehead atoms. The number of hydrogen-bond donors (Lipinski definition) is 1. The summed E-state index contributed by atoms with van der Waals surface area (Å²) in [5.41, 5.74) is 0. The first-order valence-corrected chi connectivity index (χ1v) is 7.00. The molecule has 1 heterocycles. The second-order valence-electron chi connectivity index (χ2n) is 5.43. The van der Waals surface area contributed by atoms with Crippen LogP contribution in [0.4, 0.5) is 4.79 Å². The summed E-state index contributed by atoms with van der Waals surface area (Å²) in [6, 6.07) is 0.587. The molecule has 1 aliphatic carbocycles. The Bertz CT molecular complexity index is 251. The van der Waals surface area contributed by atoms with Crippen molar-refractivity contribution in [3.05, 3.63) is 0 Å². The number of nitrogens with one attached hydrogen (secondary N) is 1. The summed E-state index contributed by atoms with van der Waals surface area (Å²) in [7, 11) is 2.13. The van der Waals surface area contributed by atoms with E-state index < -0.39 is 0 Å². The SMILES string of the molecule is CN1CCCN(C(=O)NC2CCCCC2)CC1. The molecule has 2 aliphatic rings. The number of likely N-dealkylation sites (N-methyl/N-ethyl adjacent to an activating group) is 1. The number of carbonyl (C=O) groups is 1. The minimum Gasteiger partial charge on any atom is -0.335 e. The highest BCUT2D eigenvalue weighted by Crippen LogP contribution is 2.17. The summed E-state index contributed by atoms with van der Waals surface area (Å²) >= 11 is 0. The van der Waals surface area contributed by atoms with E-state index in [9.17, 15) is 4.79 Å². The van der Waals surface area contributed by atoms with Crippen LogP contribution in [0.1, 0.15) is 38.5 Å². The Morgan fingerprint density at radius 1 is 1.00 bits per heavy atom. The number of rotatable bonds is 1. The van der Waals surface area contributed by atoms with Crippen LogP contribution in [-0.4, -0.2) is 55.1 Å². The van der Waals surface area contributed by atoms with Crippen molar-refractivity contribution >= 4 is 6.03 Å². The van der Waals surface area contributed by atoms with Crippen molar-refractivity contribution in [1.29, 1.82) is 0 Å². The van der Waals surface area contributed by atoms with Gasteiger partial charge in [-0.1, -0.05) is 19.3 Å². The van der Waals surface area contributed by atoms with Crippen LogP contribution in [0.5, 0.6) is 0 Å². The molecule has 1 saturated carbocycles. The molecule has 17 heavy (non-hydrogen) atoms. The molecule has 0 radical (unpaired) electrons. The largest absolute Gasteiger partial charge is 0.335 e. The van der Waals surface area contributed by atoms with Gasteiger partial charge in [0.15, 0.2) is 0 Å². The monoisotopic (exact) mass is 239 g/mol. The molecule has 98 valence electrons. The highest BCUT2D eigenvalue weighted by Gasteiger charge is 2.21. The third kappa shape index (κ3) is 3.87. The van der Waals surface area contributed by atoms with Gasteiger partial charge in [0.1, 0.15) is 0 Å². The lowest BCUT2D eigenvalue weighted by atomic mass is 9.96. The van der Waals surface area contributed by atoms with E-state index in [0.717, 1.165) is 32.6 Å². The molecule has 1 aliphatic heterocycles. The summed E-state index contributed by atoms with van der Waals surface area (Å²) in [6.07, 6.45) is 7.30. The first-order valence-electron chi connectivity index (χ1n) is 7.00. The summed E-state index contributed by atoms with van der Waals surface area (Å²) in [5.74, 6) is 0. The van der Waals surface area contributed by atoms with E-state index in [1.54, 1.807) is 0 Å². The van der Waals surface area contributed by atoms with Gasteiger partial charge < -0.3 is 15.1 Å². The van der Waals surface area contributed by atoms with Gasteiger partial charge >= 0.3 is 6.03 Å². The third-order valence-corrected chi connectivity index (χ3v) is 3.94. The molecule has 0 atom stereocenters. The molecule has 2 amide bonds. The predicted octanol–water partition coefficient (Wildman–Crippen LogP) is 1.67. The number of urea groups is 1. The molecule has 2 rings (SSSR count). The number of amides is 2. The van der Waals surface area contributed by atoms with Crippen molar-refractivity contribution in [1.82, 2.24) is 15.1 Å². The van der Waals surface area contributed by atoms with Gasteiger partial charge in [-0.3, -0.25) is 0 Å². The minimum atomic E-state index is 0.159. The van der Waals surface area contributed by atoms with Gasteiger partial charge in [-0.25, -0.2) is 4.79 Å². The summed E-state index contributed by atoms with van der Waals surface area (Å²) in [4.78, 5) is 16.4. The lowest BCUT2D eigenvalue weighted by Crippen LogP contribution is -2.46. The standard InChI is InChI=1S/C13H25N3O/c1-15-8-5-9-16(11-10-15)13(17)14-12-6-3-2-4-7-12/h12H,2-11H2,1H3,(H,14,17). The summed E-state index contributed by atoms with van der Waals surface area (Å²) in [5, 5.41) is 3.20. The van der Waals surface area contributed by atoms with E-state index in [1.807, 2.05) is 4.90 Å². The summed E-state index contributed by atoms with van der Waals surface area (Å²) < 4.78 is 0. The topological polar surface area (TPSA) is 35.6 Å². The lowest BCUT2D eigenvalue weighted by Gasteiger charge is -2.27. The Morgan fingerprint density at radius 3 is 2.53 bits per heavy atom. The van der Waals surface area contributed by atoms with Gasteiger partial charge in [0.05, 0.1) is 0 Å². The van der Waals surface area contributed by atoms with Crippen LogP contribution < -0.4 is 5.32 Å². The van der Waals surface area contributed by atoms with E-state index in [2.05, 4.69) is 17.3 Å². The van der Waals surface area contributed by atoms with E-state index in [4.69, 9.17) is 0 Å². The van der Waals surface area contributed by atoms with Gasteiger partial charge in [-0.15, -0.1) is 0 Å². The van der Waals surface area contributed by atoms with Crippen LogP contribution in [0.15, 0.2) is 0 Å². The zero-order valence-electron chi connectivity index (χ0n) is 11.0. The maximum Gasteiger partial charge on any atom is 0.317 e. The zero-order chi connectivity index (χ0) is 12.1. The first-order chi connectivity index (χ1) is 8.25. The Hall–Kier alpha value is -0.770. The van der Waals surface area contributed by atoms with Crippen molar-refractivity contribution in [3.8, 4) is 0 Å². The highest BCUT2D eigenvalue weighted by molar-refractivity contribution is 5.74. The molecule has 2 fully saturated rings. The molecule has 0 aromatic heterocycles. The van der Waals surface area contributed by atoms with Crippen LogP contribution >= 0.6 is 0 Å². The average Bonchev–Trinajstić information content (AvgIpc) is 2.55. The van der Waals surface area contributed by atoms with E-state index in [1.165, 1.54) is 32.1 Å². The molecule has 1 saturated heterocycles. The molecule has 0 unspecified atom stereocenters. The van der Waals surface area contributed by atoms with Gasteiger partial charge in [0.25, 0.3) is 0 Å². The van der Waals surface area contributed by atoms with E-state index >= 15 is 0 Å².